The van der Waals surface area contributed by atoms with Crippen LogP contribution in [-0.2, 0) is 0 Å². The van der Waals surface area contributed by atoms with E-state index >= 15 is 0 Å². The van der Waals surface area contributed by atoms with E-state index in [1.165, 1.54) is 0 Å². The Morgan fingerprint density at radius 1 is 1.17 bits per heavy atom. The highest BCUT2D eigenvalue weighted by Crippen LogP contribution is 2.33. The van der Waals surface area contributed by atoms with Crippen molar-refractivity contribution in [2.45, 2.75) is 16.9 Å². The van der Waals surface area contributed by atoms with Gasteiger partial charge in [-0.15, -0.1) is 23.2 Å². The maximum Gasteiger partial charge on any atom is 0.0897 e. The first kappa shape index (κ1) is 4.69. The summed E-state index contributed by atoms with van der Waals surface area (Å²) in [4.78, 5) is 0. The third kappa shape index (κ3) is 0.512. The summed E-state index contributed by atoms with van der Waals surface area (Å²) >= 11 is 10.6. The maximum atomic E-state index is 8.44. The van der Waals surface area contributed by atoms with Gasteiger partial charge < -0.3 is 5.11 Å². The summed E-state index contributed by atoms with van der Waals surface area (Å²) in [6.07, 6.45) is -0.451. The first-order valence-electron chi connectivity index (χ1n) is 1.69. The van der Waals surface area contributed by atoms with Gasteiger partial charge in [0.15, 0.2) is 0 Å². The molecule has 0 heterocycles. The van der Waals surface area contributed by atoms with Crippen molar-refractivity contribution in [2.75, 3.05) is 0 Å². The van der Waals surface area contributed by atoms with Crippen molar-refractivity contribution >= 4 is 23.2 Å². The standard InChI is InChI=1S/C3H4Cl2O/c4-1-2(5)3(1)6/h1-3,6H/t1-,2-/m1/s1. The van der Waals surface area contributed by atoms with Crippen molar-refractivity contribution in [3.05, 3.63) is 0 Å². The molecule has 1 aliphatic carbocycles. The molecule has 1 rings (SSSR count). The predicted molar refractivity (Wildman–Crippen MR) is 25.3 cm³/mol. The molecule has 0 aromatic heterocycles. The van der Waals surface area contributed by atoms with Gasteiger partial charge in [-0.1, -0.05) is 0 Å². The van der Waals surface area contributed by atoms with E-state index in [-0.39, 0.29) is 10.8 Å². The van der Waals surface area contributed by atoms with E-state index in [0.717, 1.165) is 0 Å². The molecule has 36 valence electrons. The van der Waals surface area contributed by atoms with E-state index in [0.29, 0.717) is 0 Å². The minimum Gasteiger partial charge on any atom is -0.390 e. The zero-order chi connectivity index (χ0) is 4.73. The van der Waals surface area contributed by atoms with Gasteiger partial charge >= 0.3 is 0 Å². The first-order valence-corrected chi connectivity index (χ1v) is 2.57. The molecule has 0 aliphatic heterocycles. The minimum absolute atomic E-state index is 0.188. The quantitative estimate of drug-likeness (QED) is 0.471. The molecular formula is C3H4Cl2O. The molecule has 1 saturated carbocycles. The summed E-state index contributed by atoms with van der Waals surface area (Å²) in [7, 11) is 0. The summed E-state index contributed by atoms with van der Waals surface area (Å²) < 4.78 is 0. The lowest BCUT2D eigenvalue weighted by molar-refractivity contribution is 0.281. The topological polar surface area (TPSA) is 20.2 Å². The highest BCUT2D eigenvalue weighted by molar-refractivity contribution is 6.35. The molecule has 1 fully saturated rings. The van der Waals surface area contributed by atoms with Crippen LogP contribution in [-0.4, -0.2) is 22.0 Å². The van der Waals surface area contributed by atoms with E-state index in [4.69, 9.17) is 28.3 Å². The van der Waals surface area contributed by atoms with Crippen LogP contribution in [0.4, 0.5) is 0 Å². The number of aliphatic hydroxyl groups is 1. The second kappa shape index (κ2) is 1.25. The van der Waals surface area contributed by atoms with Gasteiger partial charge in [0.1, 0.15) is 0 Å². The van der Waals surface area contributed by atoms with Crippen LogP contribution in [0.2, 0.25) is 0 Å². The minimum atomic E-state index is -0.451. The van der Waals surface area contributed by atoms with Gasteiger partial charge in [-0.3, -0.25) is 0 Å². The molecule has 6 heavy (non-hydrogen) atoms. The fourth-order valence-corrected chi connectivity index (χ4v) is 0.744. The zero-order valence-corrected chi connectivity index (χ0v) is 4.45. The summed E-state index contributed by atoms with van der Waals surface area (Å²) in [6.45, 7) is 0. The number of rotatable bonds is 0. The SMILES string of the molecule is OC1[C@H](Cl)[C@H]1Cl. The average Bonchev–Trinajstić information content (AvgIpc) is 1.94. The summed E-state index contributed by atoms with van der Waals surface area (Å²) in [5.41, 5.74) is 0. The third-order valence-corrected chi connectivity index (χ3v) is 2.00. The van der Waals surface area contributed by atoms with Crippen LogP contribution >= 0.6 is 23.2 Å². The Morgan fingerprint density at radius 2 is 1.33 bits per heavy atom. The largest absolute Gasteiger partial charge is 0.390 e. The molecule has 2 atom stereocenters. The van der Waals surface area contributed by atoms with Crippen LogP contribution < -0.4 is 0 Å². The van der Waals surface area contributed by atoms with Crippen LogP contribution in [0.15, 0.2) is 0 Å². The van der Waals surface area contributed by atoms with Crippen LogP contribution in [0.5, 0.6) is 0 Å². The van der Waals surface area contributed by atoms with Crippen molar-refractivity contribution < 1.29 is 5.11 Å². The number of hydrogen-bond donors (Lipinski definition) is 1. The fourth-order valence-electron chi connectivity index (χ4n) is 0.226. The summed E-state index contributed by atoms with van der Waals surface area (Å²) in [6, 6.07) is 0. The van der Waals surface area contributed by atoms with Gasteiger partial charge in [-0.2, -0.15) is 0 Å². The van der Waals surface area contributed by atoms with Gasteiger partial charge in [0, 0.05) is 0 Å². The molecule has 0 amide bonds. The number of hydrogen-bond acceptors (Lipinski definition) is 1. The molecule has 3 heteroatoms. The lowest BCUT2D eigenvalue weighted by Crippen LogP contribution is -1.79. The van der Waals surface area contributed by atoms with Crippen molar-refractivity contribution in [3.63, 3.8) is 0 Å². The monoisotopic (exact) mass is 126 g/mol. The van der Waals surface area contributed by atoms with Crippen LogP contribution in [0.3, 0.4) is 0 Å². The smallest absolute Gasteiger partial charge is 0.0897 e. The fraction of sp³-hybridized carbons (Fsp3) is 1.00. The van der Waals surface area contributed by atoms with E-state index in [1.54, 1.807) is 0 Å². The lowest BCUT2D eigenvalue weighted by atomic mass is 10.9. The number of halogens is 2. The molecule has 1 aliphatic rings. The Bertz CT molecular complexity index is 45.5. The van der Waals surface area contributed by atoms with Gasteiger partial charge in [-0.25, -0.2) is 0 Å². The Hall–Kier alpha value is 0.540. The van der Waals surface area contributed by atoms with Crippen molar-refractivity contribution in [2.24, 2.45) is 0 Å². The number of aliphatic hydroxyl groups excluding tert-OH is 1. The Kier molecular flexibility index (Phi) is 0.981. The highest BCUT2D eigenvalue weighted by atomic mass is 35.5. The Morgan fingerprint density at radius 3 is 1.33 bits per heavy atom. The van der Waals surface area contributed by atoms with Crippen LogP contribution in [0.25, 0.3) is 0 Å². The molecule has 1 nitrogen and oxygen atoms in total. The van der Waals surface area contributed by atoms with Crippen molar-refractivity contribution in [1.82, 2.24) is 0 Å². The van der Waals surface area contributed by atoms with Gasteiger partial charge in [0.2, 0.25) is 0 Å². The lowest BCUT2D eigenvalue weighted by Gasteiger charge is -1.66. The van der Waals surface area contributed by atoms with Gasteiger partial charge in [-0.05, 0) is 0 Å². The van der Waals surface area contributed by atoms with Gasteiger partial charge in [0.05, 0.1) is 16.9 Å². The van der Waals surface area contributed by atoms with Crippen LogP contribution in [0, 0.1) is 0 Å². The Balaban J connectivity index is 2.31. The number of alkyl halides is 2. The third-order valence-electron chi connectivity index (χ3n) is 0.816. The average molecular weight is 127 g/mol. The second-order valence-corrected chi connectivity index (χ2v) is 2.39. The van der Waals surface area contributed by atoms with Gasteiger partial charge in [0.25, 0.3) is 0 Å². The zero-order valence-electron chi connectivity index (χ0n) is 2.94. The molecule has 0 saturated heterocycles. The predicted octanol–water partition coefficient (Wildman–Crippen LogP) is 0.576. The maximum absolute atomic E-state index is 8.44. The van der Waals surface area contributed by atoms with E-state index in [9.17, 15) is 0 Å². The Labute approximate surface area is 45.9 Å². The summed E-state index contributed by atoms with van der Waals surface area (Å²) in [5, 5.41) is 8.06. The molecule has 0 spiro atoms. The van der Waals surface area contributed by atoms with Crippen molar-refractivity contribution in [1.29, 1.82) is 0 Å². The normalized spacial score (nSPS) is 55.5. The molecular weight excluding hydrogens is 123 g/mol. The molecule has 0 aromatic rings. The second-order valence-electron chi connectivity index (χ2n) is 1.38. The van der Waals surface area contributed by atoms with E-state index < -0.39 is 6.10 Å². The van der Waals surface area contributed by atoms with Crippen LogP contribution in [0.1, 0.15) is 0 Å². The van der Waals surface area contributed by atoms with E-state index in [1.807, 2.05) is 0 Å². The van der Waals surface area contributed by atoms with Crippen molar-refractivity contribution in [3.8, 4) is 0 Å². The highest BCUT2D eigenvalue weighted by Gasteiger charge is 2.46. The summed E-state index contributed by atoms with van der Waals surface area (Å²) in [5.74, 6) is 0. The molecule has 1 N–H and O–H groups in total. The first-order chi connectivity index (χ1) is 2.73. The molecule has 0 bridgehead atoms. The molecule has 0 unspecified atom stereocenters. The molecule has 0 radical (unpaired) electrons. The molecule has 0 aromatic carbocycles. The van der Waals surface area contributed by atoms with E-state index in [2.05, 4.69) is 0 Å².